The third-order valence-corrected chi connectivity index (χ3v) is 7.52. The van der Waals surface area contributed by atoms with E-state index in [0.717, 1.165) is 17.8 Å². The van der Waals surface area contributed by atoms with Crippen LogP contribution in [0.25, 0.3) is 0 Å². The van der Waals surface area contributed by atoms with Crippen LogP contribution in [0.2, 0.25) is 0 Å². The van der Waals surface area contributed by atoms with Gasteiger partial charge in [-0.1, -0.05) is 70.8 Å². The first-order chi connectivity index (χ1) is 13.3. The lowest BCUT2D eigenvalue weighted by molar-refractivity contribution is 0.155. The molecule has 2 aliphatic carbocycles. The van der Waals surface area contributed by atoms with Gasteiger partial charge in [-0.05, 0) is 73.8 Å². The fourth-order valence-electron chi connectivity index (χ4n) is 5.71. The lowest BCUT2D eigenvalue weighted by Gasteiger charge is -2.38. The van der Waals surface area contributed by atoms with Crippen molar-refractivity contribution < 1.29 is 4.39 Å². The summed E-state index contributed by atoms with van der Waals surface area (Å²) in [6.45, 7) is 2.30. The van der Waals surface area contributed by atoms with Gasteiger partial charge in [0.25, 0.3) is 0 Å². The van der Waals surface area contributed by atoms with Gasteiger partial charge in [0.2, 0.25) is 5.95 Å². The molecule has 0 unspecified atom stereocenters. The van der Waals surface area contributed by atoms with Crippen LogP contribution in [0.15, 0.2) is 18.3 Å². The molecule has 152 valence electrons. The van der Waals surface area contributed by atoms with E-state index in [1.54, 1.807) is 6.20 Å². The molecule has 0 amide bonds. The van der Waals surface area contributed by atoms with Gasteiger partial charge in [0, 0.05) is 6.20 Å². The zero-order valence-electron chi connectivity index (χ0n) is 17.5. The Morgan fingerprint density at radius 2 is 1.44 bits per heavy atom. The smallest absolute Gasteiger partial charge is 0.212 e. The van der Waals surface area contributed by atoms with Crippen molar-refractivity contribution in [3.8, 4) is 0 Å². The number of halogens is 1. The maximum atomic E-state index is 13.0. The van der Waals surface area contributed by atoms with E-state index < -0.39 is 0 Å². The van der Waals surface area contributed by atoms with Gasteiger partial charge in [-0.2, -0.15) is 4.39 Å². The molecule has 1 heterocycles. The van der Waals surface area contributed by atoms with Crippen LogP contribution in [0.5, 0.6) is 0 Å². The number of hydrogen-bond donors (Lipinski definition) is 0. The zero-order valence-corrected chi connectivity index (χ0v) is 17.5. The molecule has 0 atom stereocenters. The number of nitrogens with zero attached hydrogens (tertiary/aromatic N) is 1. The van der Waals surface area contributed by atoms with Gasteiger partial charge in [-0.3, -0.25) is 0 Å². The van der Waals surface area contributed by atoms with Crippen LogP contribution in [0.4, 0.5) is 4.39 Å². The number of pyridine rings is 1. The van der Waals surface area contributed by atoms with Gasteiger partial charge in [0.05, 0.1) is 0 Å². The molecular formula is C25H40FN. The molecule has 1 nitrogen and oxygen atoms in total. The predicted octanol–water partition coefficient (Wildman–Crippen LogP) is 8.05. The van der Waals surface area contributed by atoms with Crippen LogP contribution < -0.4 is 0 Å². The van der Waals surface area contributed by atoms with Crippen molar-refractivity contribution in [3.63, 3.8) is 0 Å². The second-order valence-corrected chi connectivity index (χ2v) is 9.36. The first-order valence-corrected chi connectivity index (χ1v) is 11.9. The summed E-state index contributed by atoms with van der Waals surface area (Å²) >= 11 is 0. The molecule has 0 saturated heterocycles. The average molecular weight is 374 g/mol. The van der Waals surface area contributed by atoms with E-state index in [-0.39, 0.29) is 5.95 Å². The number of hydrogen-bond acceptors (Lipinski definition) is 1. The van der Waals surface area contributed by atoms with Gasteiger partial charge >= 0.3 is 0 Å². The fraction of sp³-hybridized carbons (Fsp3) is 0.800. The highest BCUT2D eigenvalue weighted by Crippen LogP contribution is 2.44. The predicted molar refractivity (Wildman–Crippen MR) is 112 cm³/mol. The fourth-order valence-corrected chi connectivity index (χ4v) is 5.71. The Bertz CT molecular complexity index is 510. The number of unbranched alkanes of at least 4 members (excludes halogenated alkanes) is 5. The second-order valence-electron chi connectivity index (χ2n) is 9.36. The van der Waals surface area contributed by atoms with Crippen molar-refractivity contribution in [2.24, 2.45) is 17.8 Å². The van der Waals surface area contributed by atoms with Gasteiger partial charge in [-0.15, -0.1) is 0 Å². The Labute approximate surface area is 166 Å². The third kappa shape index (κ3) is 6.57. The summed E-state index contributed by atoms with van der Waals surface area (Å²) in [5, 5.41) is 0. The summed E-state index contributed by atoms with van der Waals surface area (Å²) in [5.41, 5.74) is 1.25. The highest BCUT2D eigenvalue weighted by molar-refractivity contribution is 5.15. The van der Waals surface area contributed by atoms with E-state index in [1.807, 2.05) is 6.07 Å². The lowest BCUT2D eigenvalue weighted by atomic mass is 9.68. The van der Waals surface area contributed by atoms with E-state index in [1.165, 1.54) is 108 Å². The van der Waals surface area contributed by atoms with Crippen molar-refractivity contribution in [1.29, 1.82) is 0 Å². The van der Waals surface area contributed by atoms with Gasteiger partial charge in [0.1, 0.15) is 0 Å². The lowest BCUT2D eigenvalue weighted by Crippen LogP contribution is -2.25. The maximum absolute atomic E-state index is 13.0. The molecule has 3 rings (SSSR count). The van der Waals surface area contributed by atoms with Crippen LogP contribution in [-0.2, 0) is 0 Å². The van der Waals surface area contributed by atoms with Crippen molar-refractivity contribution in [1.82, 2.24) is 4.98 Å². The molecule has 0 N–H and O–H groups in total. The molecule has 0 aromatic carbocycles. The molecule has 2 aliphatic rings. The Morgan fingerprint density at radius 1 is 0.815 bits per heavy atom. The average Bonchev–Trinajstić information content (AvgIpc) is 2.72. The minimum atomic E-state index is -0.356. The zero-order chi connectivity index (χ0) is 18.9. The Hall–Kier alpha value is -0.920. The molecule has 27 heavy (non-hydrogen) atoms. The summed E-state index contributed by atoms with van der Waals surface area (Å²) in [4.78, 5) is 3.85. The summed E-state index contributed by atoms with van der Waals surface area (Å²) in [5.74, 6) is 3.21. The van der Waals surface area contributed by atoms with Gasteiger partial charge < -0.3 is 0 Å². The molecule has 2 saturated carbocycles. The summed E-state index contributed by atoms with van der Waals surface area (Å²) in [7, 11) is 0. The van der Waals surface area contributed by atoms with E-state index in [4.69, 9.17) is 0 Å². The Morgan fingerprint density at radius 3 is 2.07 bits per heavy atom. The molecule has 0 spiro atoms. The van der Waals surface area contributed by atoms with E-state index in [2.05, 4.69) is 11.9 Å². The first-order valence-electron chi connectivity index (χ1n) is 11.9. The van der Waals surface area contributed by atoms with Crippen molar-refractivity contribution >= 4 is 0 Å². The molecule has 1 aromatic rings. The summed E-state index contributed by atoms with van der Waals surface area (Å²) in [6.07, 6.45) is 23.1. The maximum Gasteiger partial charge on any atom is 0.212 e. The normalized spacial score (nSPS) is 29.0. The second kappa shape index (κ2) is 11.2. The third-order valence-electron chi connectivity index (χ3n) is 7.52. The molecule has 2 fully saturated rings. The van der Waals surface area contributed by atoms with Crippen LogP contribution in [0, 0.1) is 23.7 Å². The van der Waals surface area contributed by atoms with E-state index in [0.29, 0.717) is 5.92 Å². The van der Waals surface area contributed by atoms with Crippen LogP contribution >= 0.6 is 0 Å². The standard InChI is InChI=1S/C25H40FN/c1-2-3-4-5-6-7-8-20-9-11-21(12-10-20)22-13-15-23(16-14-22)24-17-18-25(26)27-19-24/h17-23H,2-16H2,1H3/t20-,21-,22-,23-. The monoisotopic (exact) mass is 373 g/mol. The molecular weight excluding hydrogens is 333 g/mol. The number of rotatable bonds is 9. The molecule has 0 bridgehead atoms. The minimum Gasteiger partial charge on any atom is -0.228 e. The van der Waals surface area contributed by atoms with Crippen molar-refractivity contribution in [2.75, 3.05) is 0 Å². The van der Waals surface area contributed by atoms with Crippen LogP contribution in [0.1, 0.15) is 115 Å². The Kier molecular flexibility index (Phi) is 8.61. The molecule has 1 aromatic heterocycles. The minimum absolute atomic E-state index is 0.356. The molecule has 0 aliphatic heterocycles. The topological polar surface area (TPSA) is 12.9 Å². The number of aromatic nitrogens is 1. The summed E-state index contributed by atoms with van der Waals surface area (Å²) < 4.78 is 13.0. The van der Waals surface area contributed by atoms with Crippen LogP contribution in [0.3, 0.4) is 0 Å². The van der Waals surface area contributed by atoms with Crippen molar-refractivity contribution in [3.05, 3.63) is 29.8 Å². The highest BCUT2D eigenvalue weighted by Gasteiger charge is 2.31. The first kappa shape index (κ1) is 20.8. The van der Waals surface area contributed by atoms with Crippen LogP contribution in [-0.4, -0.2) is 4.98 Å². The van der Waals surface area contributed by atoms with Crippen molar-refractivity contribution in [2.45, 2.75) is 109 Å². The quantitative estimate of drug-likeness (QED) is 0.315. The largest absolute Gasteiger partial charge is 0.228 e. The summed E-state index contributed by atoms with van der Waals surface area (Å²) in [6, 6.07) is 3.47. The van der Waals surface area contributed by atoms with E-state index >= 15 is 0 Å². The van der Waals surface area contributed by atoms with Gasteiger partial charge in [-0.25, -0.2) is 4.98 Å². The van der Waals surface area contributed by atoms with E-state index in [9.17, 15) is 4.39 Å². The SMILES string of the molecule is CCCCCCCC[C@H]1CC[C@H]([C@H]2CC[C@H](c3ccc(F)nc3)CC2)CC1. The Balaban J connectivity index is 1.31. The molecule has 2 heteroatoms. The van der Waals surface area contributed by atoms with Gasteiger partial charge in [0.15, 0.2) is 0 Å². The highest BCUT2D eigenvalue weighted by atomic mass is 19.1. The molecule has 0 radical (unpaired) electrons.